The molecule has 0 N–H and O–H groups in total. The van der Waals surface area contributed by atoms with Gasteiger partial charge in [0.25, 0.3) is 5.91 Å². The maximum absolute atomic E-state index is 12.8. The van der Waals surface area contributed by atoms with Crippen molar-refractivity contribution in [3.05, 3.63) is 58.1 Å². The molecule has 1 amide bonds. The van der Waals surface area contributed by atoms with E-state index in [0.717, 1.165) is 15.7 Å². The number of anilines is 1. The highest BCUT2D eigenvalue weighted by molar-refractivity contribution is 9.10. The van der Waals surface area contributed by atoms with Crippen LogP contribution in [-0.2, 0) is 4.79 Å². The minimum Gasteiger partial charge on any atom is -0.493 e. The van der Waals surface area contributed by atoms with Crippen LogP contribution in [0, 0.1) is 0 Å². The van der Waals surface area contributed by atoms with Crippen LogP contribution in [0.5, 0.6) is 11.5 Å². The fourth-order valence-electron chi connectivity index (χ4n) is 2.56. The van der Waals surface area contributed by atoms with Crippen LogP contribution in [0.4, 0.5) is 5.69 Å². The first-order chi connectivity index (χ1) is 12.0. The van der Waals surface area contributed by atoms with Gasteiger partial charge in [0.1, 0.15) is 0 Å². The number of amides is 1. The number of para-hydroxylation sites is 1. The van der Waals surface area contributed by atoms with E-state index in [9.17, 15) is 4.79 Å². The largest absolute Gasteiger partial charge is 0.493 e. The van der Waals surface area contributed by atoms with Crippen LogP contribution in [0.3, 0.4) is 0 Å². The van der Waals surface area contributed by atoms with Crippen LogP contribution in [0.25, 0.3) is 6.08 Å². The average Bonchev–Trinajstić information content (AvgIpc) is 2.91. The number of carbonyl (C=O) groups is 1. The summed E-state index contributed by atoms with van der Waals surface area (Å²) < 4.78 is 11.4. The highest BCUT2D eigenvalue weighted by Crippen LogP contribution is 2.35. The van der Waals surface area contributed by atoms with Crippen molar-refractivity contribution >= 4 is 39.3 Å². The zero-order chi connectivity index (χ0) is 18.0. The van der Waals surface area contributed by atoms with Gasteiger partial charge in [-0.25, -0.2) is 0 Å². The molecule has 0 aromatic heterocycles. The number of nitrogens with zero attached hydrogens (tertiary/aromatic N) is 2. The monoisotopic (exact) mass is 400 g/mol. The predicted octanol–water partition coefficient (Wildman–Crippen LogP) is 4.27. The Morgan fingerprint density at radius 1 is 1.08 bits per heavy atom. The molecular formula is C19H17BrN2O3. The number of rotatable bonds is 4. The van der Waals surface area contributed by atoms with Crippen LogP contribution < -0.4 is 14.5 Å². The van der Waals surface area contributed by atoms with E-state index in [1.54, 1.807) is 20.3 Å². The molecule has 0 saturated heterocycles. The Kier molecular flexibility index (Phi) is 4.90. The van der Waals surface area contributed by atoms with Gasteiger partial charge in [0, 0.05) is 4.47 Å². The molecule has 6 heteroatoms. The molecule has 0 aliphatic carbocycles. The number of benzene rings is 2. The lowest BCUT2D eigenvalue weighted by Gasteiger charge is -2.12. The summed E-state index contributed by atoms with van der Waals surface area (Å²) in [6.45, 7) is 1.82. The first kappa shape index (κ1) is 17.2. The number of ether oxygens (including phenoxy) is 2. The minimum atomic E-state index is -0.162. The van der Waals surface area contributed by atoms with Crippen LogP contribution in [0.15, 0.2) is 57.6 Å². The molecule has 128 valence electrons. The molecule has 1 heterocycles. The summed E-state index contributed by atoms with van der Waals surface area (Å²) in [5.41, 5.74) is 2.75. The molecule has 0 unspecified atom stereocenters. The molecule has 1 aliphatic rings. The van der Waals surface area contributed by atoms with Crippen molar-refractivity contribution in [3.63, 3.8) is 0 Å². The summed E-state index contributed by atoms with van der Waals surface area (Å²) in [6, 6.07) is 13.0. The lowest BCUT2D eigenvalue weighted by Crippen LogP contribution is -2.21. The molecular weight excluding hydrogens is 384 g/mol. The molecule has 0 atom stereocenters. The van der Waals surface area contributed by atoms with Crippen molar-refractivity contribution in [3.8, 4) is 11.5 Å². The Morgan fingerprint density at radius 3 is 2.36 bits per heavy atom. The summed E-state index contributed by atoms with van der Waals surface area (Å²) in [5, 5.41) is 5.80. The summed E-state index contributed by atoms with van der Waals surface area (Å²) in [7, 11) is 3.16. The second-order valence-corrected chi connectivity index (χ2v) is 6.28. The molecule has 0 spiro atoms. The third-order valence-electron chi connectivity index (χ3n) is 3.87. The van der Waals surface area contributed by atoms with Gasteiger partial charge in [0.15, 0.2) is 11.5 Å². The van der Waals surface area contributed by atoms with Gasteiger partial charge in [-0.05, 0) is 42.8 Å². The second kappa shape index (κ2) is 7.11. The van der Waals surface area contributed by atoms with Gasteiger partial charge in [-0.2, -0.15) is 10.1 Å². The molecule has 2 aromatic rings. The number of carbonyl (C=O) groups excluding carboxylic acids is 1. The number of hydrogen-bond donors (Lipinski definition) is 0. The zero-order valence-electron chi connectivity index (χ0n) is 14.1. The molecule has 5 nitrogen and oxygen atoms in total. The van der Waals surface area contributed by atoms with Gasteiger partial charge in [0.2, 0.25) is 0 Å². The maximum atomic E-state index is 12.8. The Balaban J connectivity index is 2.00. The third-order valence-corrected chi connectivity index (χ3v) is 4.55. The van der Waals surface area contributed by atoms with Crippen molar-refractivity contribution in [1.29, 1.82) is 0 Å². The lowest BCUT2D eigenvalue weighted by atomic mass is 10.1. The van der Waals surface area contributed by atoms with E-state index < -0.39 is 0 Å². The van der Waals surface area contributed by atoms with Gasteiger partial charge < -0.3 is 9.47 Å². The van der Waals surface area contributed by atoms with E-state index in [1.165, 1.54) is 5.01 Å². The molecule has 25 heavy (non-hydrogen) atoms. The minimum absolute atomic E-state index is 0.162. The van der Waals surface area contributed by atoms with Crippen molar-refractivity contribution in [2.75, 3.05) is 19.2 Å². The molecule has 2 aromatic carbocycles. The van der Waals surface area contributed by atoms with Crippen LogP contribution in [0.2, 0.25) is 0 Å². The van der Waals surface area contributed by atoms with Gasteiger partial charge in [0.05, 0.1) is 31.2 Å². The van der Waals surface area contributed by atoms with Crippen LogP contribution in [-0.4, -0.2) is 25.8 Å². The maximum Gasteiger partial charge on any atom is 0.280 e. The summed E-state index contributed by atoms with van der Waals surface area (Å²) in [6.07, 6.45) is 1.80. The van der Waals surface area contributed by atoms with Crippen molar-refractivity contribution in [2.24, 2.45) is 5.10 Å². The van der Waals surface area contributed by atoms with Gasteiger partial charge >= 0.3 is 0 Å². The Labute approximate surface area is 154 Å². The van der Waals surface area contributed by atoms with Gasteiger partial charge in [-0.3, -0.25) is 4.79 Å². The zero-order valence-corrected chi connectivity index (χ0v) is 15.7. The topological polar surface area (TPSA) is 51.1 Å². The fourth-order valence-corrected chi connectivity index (χ4v) is 3.00. The van der Waals surface area contributed by atoms with Crippen molar-refractivity contribution in [2.45, 2.75) is 6.92 Å². The number of hydrazone groups is 1. The van der Waals surface area contributed by atoms with E-state index >= 15 is 0 Å². The fraction of sp³-hybridized carbons (Fsp3) is 0.158. The van der Waals surface area contributed by atoms with Gasteiger partial charge in [-0.1, -0.05) is 34.1 Å². The molecule has 1 aliphatic heterocycles. The molecule has 0 saturated carbocycles. The quantitative estimate of drug-likeness (QED) is 0.719. The van der Waals surface area contributed by atoms with E-state index in [4.69, 9.17) is 9.47 Å². The molecule has 0 bridgehead atoms. The number of methoxy groups -OCH3 is 2. The average molecular weight is 401 g/mol. The number of halogens is 1. The number of hydrogen-bond acceptors (Lipinski definition) is 4. The molecule has 0 fully saturated rings. The molecule has 3 rings (SSSR count). The summed E-state index contributed by atoms with van der Waals surface area (Å²) >= 11 is 3.51. The van der Waals surface area contributed by atoms with Gasteiger partial charge in [-0.15, -0.1) is 0 Å². The Bertz CT molecular complexity index is 876. The molecule has 0 radical (unpaired) electrons. The SMILES string of the molecule is COc1cc(Br)c(/C=C2/C(=O)N(c3ccccc3)N=C2C)cc1OC. The van der Waals surface area contributed by atoms with Crippen molar-refractivity contribution < 1.29 is 14.3 Å². The summed E-state index contributed by atoms with van der Waals surface area (Å²) in [5.74, 6) is 1.05. The Morgan fingerprint density at radius 2 is 1.72 bits per heavy atom. The predicted molar refractivity (Wildman–Crippen MR) is 102 cm³/mol. The second-order valence-electron chi connectivity index (χ2n) is 5.42. The van der Waals surface area contributed by atoms with Crippen molar-refractivity contribution in [1.82, 2.24) is 0 Å². The first-order valence-electron chi connectivity index (χ1n) is 7.63. The standard InChI is InChI=1S/C19H17BrN2O3/c1-12-15(19(23)22(21-12)14-7-5-4-6-8-14)9-13-10-17(24-2)18(25-3)11-16(13)20/h4-11H,1-3H3/b15-9+. The summed E-state index contributed by atoms with van der Waals surface area (Å²) in [4.78, 5) is 12.8. The lowest BCUT2D eigenvalue weighted by molar-refractivity contribution is -0.114. The smallest absolute Gasteiger partial charge is 0.280 e. The Hall–Kier alpha value is -2.60. The normalized spacial score (nSPS) is 15.5. The highest BCUT2D eigenvalue weighted by atomic mass is 79.9. The highest BCUT2D eigenvalue weighted by Gasteiger charge is 2.28. The van der Waals surface area contributed by atoms with E-state index in [-0.39, 0.29) is 5.91 Å². The van der Waals surface area contributed by atoms with Crippen LogP contribution >= 0.6 is 15.9 Å². The third kappa shape index (κ3) is 3.30. The van der Waals surface area contributed by atoms with Crippen LogP contribution in [0.1, 0.15) is 12.5 Å². The van der Waals surface area contributed by atoms with E-state index in [1.807, 2.05) is 49.4 Å². The van der Waals surface area contributed by atoms with E-state index in [0.29, 0.717) is 22.8 Å². The van der Waals surface area contributed by atoms with E-state index in [2.05, 4.69) is 21.0 Å². The first-order valence-corrected chi connectivity index (χ1v) is 8.42.